The van der Waals surface area contributed by atoms with Crippen molar-refractivity contribution >= 4 is 11.9 Å². The molecule has 1 aliphatic heterocycles. The van der Waals surface area contributed by atoms with Gasteiger partial charge in [-0.25, -0.2) is 0 Å². The molecule has 0 saturated carbocycles. The zero-order chi connectivity index (χ0) is 17.8. The van der Waals surface area contributed by atoms with Gasteiger partial charge in [-0.3, -0.25) is 9.59 Å². The van der Waals surface area contributed by atoms with E-state index in [1.54, 1.807) is 36.4 Å². The number of hydrogen-bond donors (Lipinski definition) is 1. The lowest BCUT2D eigenvalue weighted by atomic mass is 10.1. The first kappa shape index (κ1) is 16.8. The van der Waals surface area contributed by atoms with E-state index in [1.165, 1.54) is 7.11 Å². The Morgan fingerprint density at radius 3 is 2.76 bits per heavy atom. The van der Waals surface area contributed by atoms with Crippen LogP contribution in [0.15, 0.2) is 42.5 Å². The SMILES string of the molecule is CCCC(=O)Oc1ccc([C@@H]2NC(=O)c3ccccc3O2)cc1OC. The minimum atomic E-state index is -0.642. The van der Waals surface area contributed by atoms with Crippen molar-refractivity contribution in [1.82, 2.24) is 5.32 Å². The van der Waals surface area contributed by atoms with E-state index < -0.39 is 6.23 Å². The zero-order valence-corrected chi connectivity index (χ0v) is 14.1. The Morgan fingerprint density at radius 1 is 1.20 bits per heavy atom. The molecule has 6 nitrogen and oxygen atoms in total. The Morgan fingerprint density at radius 2 is 2.00 bits per heavy atom. The number of carbonyl (C=O) groups is 2. The van der Waals surface area contributed by atoms with Gasteiger partial charge in [-0.1, -0.05) is 19.1 Å². The summed E-state index contributed by atoms with van der Waals surface area (Å²) in [5.41, 5.74) is 1.19. The fourth-order valence-corrected chi connectivity index (χ4v) is 2.57. The Hall–Kier alpha value is -3.02. The molecule has 0 bridgehead atoms. The lowest BCUT2D eigenvalue weighted by molar-refractivity contribution is -0.134. The van der Waals surface area contributed by atoms with Crippen LogP contribution >= 0.6 is 0 Å². The van der Waals surface area contributed by atoms with Gasteiger partial charge in [0.05, 0.1) is 12.7 Å². The maximum Gasteiger partial charge on any atom is 0.311 e. The molecule has 1 N–H and O–H groups in total. The number of fused-ring (bicyclic) bond motifs is 1. The first-order valence-corrected chi connectivity index (χ1v) is 8.07. The average molecular weight is 341 g/mol. The smallest absolute Gasteiger partial charge is 0.311 e. The number of benzene rings is 2. The molecule has 0 aliphatic carbocycles. The predicted molar refractivity (Wildman–Crippen MR) is 90.8 cm³/mol. The molecule has 25 heavy (non-hydrogen) atoms. The maximum absolute atomic E-state index is 12.2. The highest BCUT2D eigenvalue weighted by atomic mass is 16.6. The molecule has 2 aromatic carbocycles. The number of hydrogen-bond acceptors (Lipinski definition) is 5. The van der Waals surface area contributed by atoms with Gasteiger partial charge in [-0.2, -0.15) is 0 Å². The molecule has 0 aromatic heterocycles. The number of para-hydroxylation sites is 1. The van der Waals surface area contributed by atoms with E-state index in [1.807, 2.05) is 13.0 Å². The lowest BCUT2D eigenvalue weighted by Crippen LogP contribution is -2.36. The average Bonchev–Trinajstić information content (AvgIpc) is 2.62. The first-order valence-electron chi connectivity index (χ1n) is 8.07. The molecule has 0 fully saturated rings. The second-order valence-corrected chi connectivity index (χ2v) is 5.60. The van der Waals surface area contributed by atoms with E-state index in [9.17, 15) is 9.59 Å². The van der Waals surface area contributed by atoms with Gasteiger partial charge in [-0.15, -0.1) is 0 Å². The van der Waals surface area contributed by atoms with Crippen molar-refractivity contribution in [3.05, 3.63) is 53.6 Å². The van der Waals surface area contributed by atoms with Crippen LogP contribution in [-0.4, -0.2) is 19.0 Å². The van der Waals surface area contributed by atoms with Gasteiger partial charge in [0, 0.05) is 12.0 Å². The number of esters is 1. The summed E-state index contributed by atoms with van der Waals surface area (Å²) >= 11 is 0. The van der Waals surface area contributed by atoms with E-state index in [0.29, 0.717) is 41.2 Å². The lowest BCUT2D eigenvalue weighted by Gasteiger charge is -2.27. The third-order valence-corrected chi connectivity index (χ3v) is 3.81. The maximum atomic E-state index is 12.2. The summed E-state index contributed by atoms with van der Waals surface area (Å²) < 4.78 is 16.5. The second-order valence-electron chi connectivity index (χ2n) is 5.60. The number of amides is 1. The second kappa shape index (κ2) is 7.25. The number of rotatable bonds is 5. The summed E-state index contributed by atoms with van der Waals surface area (Å²) in [6.45, 7) is 1.91. The van der Waals surface area contributed by atoms with Gasteiger partial charge < -0.3 is 19.5 Å². The molecule has 6 heteroatoms. The Bertz CT molecular complexity index is 802. The monoisotopic (exact) mass is 341 g/mol. The summed E-state index contributed by atoms with van der Waals surface area (Å²) in [5.74, 6) is 0.744. The van der Waals surface area contributed by atoms with Gasteiger partial charge in [0.2, 0.25) is 0 Å². The van der Waals surface area contributed by atoms with Crippen LogP contribution in [0.3, 0.4) is 0 Å². The third-order valence-electron chi connectivity index (χ3n) is 3.81. The van der Waals surface area contributed by atoms with Crippen LogP contribution in [0.1, 0.15) is 41.9 Å². The molecule has 2 aromatic rings. The Labute approximate surface area is 145 Å². The normalized spacial score (nSPS) is 15.6. The van der Waals surface area contributed by atoms with E-state index in [0.717, 1.165) is 0 Å². The molecule has 3 rings (SSSR count). The Balaban J connectivity index is 1.84. The minimum absolute atomic E-state index is 0.204. The predicted octanol–water partition coefficient (Wildman–Crippen LogP) is 3.22. The van der Waals surface area contributed by atoms with E-state index in [2.05, 4.69) is 5.32 Å². The number of carbonyl (C=O) groups excluding carboxylic acids is 2. The van der Waals surface area contributed by atoms with Crippen LogP contribution in [0.25, 0.3) is 0 Å². The van der Waals surface area contributed by atoms with Gasteiger partial charge in [0.1, 0.15) is 5.75 Å². The van der Waals surface area contributed by atoms with E-state index in [4.69, 9.17) is 14.2 Å². The highest BCUT2D eigenvalue weighted by Crippen LogP contribution is 2.34. The largest absolute Gasteiger partial charge is 0.493 e. The summed E-state index contributed by atoms with van der Waals surface area (Å²) in [7, 11) is 1.49. The van der Waals surface area contributed by atoms with E-state index in [-0.39, 0.29) is 11.9 Å². The van der Waals surface area contributed by atoms with Crippen molar-refractivity contribution in [3.63, 3.8) is 0 Å². The number of nitrogens with one attached hydrogen (secondary N) is 1. The molecular formula is C19H19NO5. The van der Waals surface area contributed by atoms with Crippen LogP contribution in [0.4, 0.5) is 0 Å². The zero-order valence-electron chi connectivity index (χ0n) is 14.1. The molecule has 0 spiro atoms. The summed E-state index contributed by atoms with van der Waals surface area (Å²) in [6, 6.07) is 12.1. The summed E-state index contributed by atoms with van der Waals surface area (Å²) in [4.78, 5) is 23.9. The summed E-state index contributed by atoms with van der Waals surface area (Å²) in [5, 5.41) is 2.80. The molecular weight excluding hydrogens is 322 g/mol. The molecule has 1 amide bonds. The molecule has 0 radical (unpaired) electrons. The first-order chi connectivity index (χ1) is 12.1. The van der Waals surface area contributed by atoms with Gasteiger partial charge in [0.15, 0.2) is 17.7 Å². The topological polar surface area (TPSA) is 73.9 Å². The van der Waals surface area contributed by atoms with Crippen molar-refractivity contribution < 1.29 is 23.8 Å². The van der Waals surface area contributed by atoms with Crippen LogP contribution < -0.4 is 19.5 Å². The fourth-order valence-electron chi connectivity index (χ4n) is 2.57. The Kier molecular flexibility index (Phi) is 4.88. The fraction of sp³-hybridized carbons (Fsp3) is 0.263. The van der Waals surface area contributed by atoms with Gasteiger partial charge in [-0.05, 0) is 36.8 Å². The molecule has 1 heterocycles. The quantitative estimate of drug-likeness (QED) is 0.668. The minimum Gasteiger partial charge on any atom is -0.493 e. The third kappa shape index (κ3) is 3.57. The van der Waals surface area contributed by atoms with Crippen molar-refractivity contribution in [3.8, 4) is 17.2 Å². The van der Waals surface area contributed by atoms with Crippen molar-refractivity contribution in [1.29, 1.82) is 0 Å². The molecule has 1 aliphatic rings. The molecule has 0 saturated heterocycles. The van der Waals surface area contributed by atoms with Gasteiger partial charge in [0.25, 0.3) is 5.91 Å². The standard InChI is InChI=1S/C19H19NO5/c1-3-6-17(21)24-15-10-9-12(11-16(15)23-2)19-20-18(22)13-7-4-5-8-14(13)25-19/h4-5,7-11,19H,3,6H2,1-2H3,(H,20,22)/t19-/m1/s1. The molecule has 130 valence electrons. The molecule has 0 unspecified atom stereocenters. The van der Waals surface area contributed by atoms with Crippen molar-refractivity contribution in [2.24, 2.45) is 0 Å². The van der Waals surface area contributed by atoms with Crippen LogP contribution in [0, 0.1) is 0 Å². The molecule has 1 atom stereocenters. The highest BCUT2D eigenvalue weighted by molar-refractivity contribution is 5.98. The van der Waals surface area contributed by atoms with E-state index >= 15 is 0 Å². The number of ether oxygens (including phenoxy) is 3. The van der Waals surface area contributed by atoms with Gasteiger partial charge >= 0.3 is 5.97 Å². The highest BCUT2D eigenvalue weighted by Gasteiger charge is 2.27. The summed E-state index contributed by atoms with van der Waals surface area (Å²) in [6.07, 6.45) is 0.404. The van der Waals surface area contributed by atoms with Crippen molar-refractivity contribution in [2.45, 2.75) is 26.0 Å². The van der Waals surface area contributed by atoms with Crippen LogP contribution in [0.2, 0.25) is 0 Å². The van der Waals surface area contributed by atoms with Crippen molar-refractivity contribution in [2.75, 3.05) is 7.11 Å². The number of methoxy groups -OCH3 is 1. The van der Waals surface area contributed by atoms with Crippen LogP contribution in [0.5, 0.6) is 17.2 Å². The van der Waals surface area contributed by atoms with Crippen LogP contribution in [-0.2, 0) is 4.79 Å².